The molecule has 0 amide bonds. The predicted molar refractivity (Wildman–Crippen MR) is 259 cm³/mol. The zero-order chi connectivity index (χ0) is 46.5. The fourth-order valence-electron chi connectivity index (χ4n) is 7.77. The average molecular weight is 913 g/mol. The molecule has 0 saturated carbocycles. The zero-order valence-corrected chi connectivity index (χ0v) is 40.7. The molecule has 0 aliphatic rings. The molecule has 0 bridgehead atoms. The van der Waals surface area contributed by atoms with Gasteiger partial charge in [0.25, 0.3) is 0 Å². The van der Waals surface area contributed by atoms with Gasteiger partial charge in [-0.1, -0.05) is 72.8 Å². The quantitative estimate of drug-likeness (QED) is 0.0677. The van der Waals surface area contributed by atoms with Crippen LogP contribution in [0.5, 0.6) is 34.5 Å². The van der Waals surface area contributed by atoms with E-state index < -0.39 is 25.2 Å². The van der Waals surface area contributed by atoms with Gasteiger partial charge >= 0.3 is 8.56 Å². The second-order valence-corrected chi connectivity index (χ2v) is 28.9. The van der Waals surface area contributed by atoms with Crippen LogP contribution < -0.4 is 29.3 Å². The molecule has 6 rings (SSSR count). The van der Waals surface area contributed by atoms with Crippen LogP contribution in [0.15, 0.2) is 133 Å². The van der Waals surface area contributed by atoms with Gasteiger partial charge in [0.1, 0.15) is 35.8 Å². The Kier molecular flexibility index (Phi) is 15.8. The van der Waals surface area contributed by atoms with Crippen LogP contribution >= 0.6 is 0 Å². The first-order chi connectivity index (χ1) is 31.3. The summed E-state index contributed by atoms with van der Waals surface area (Å²) in [6, 6.07) is 52.5. The van der Waals surface area contributed by atoms with E-state index in [9.17, 15) is 21.0 Å². The van der Waals surface area contributed by atoms with Crippen LogP contribution in [-0.4, -0.2) is 39.4 Å². The van der Waals surface area contributed by atoms with Gasteiger partial charge in [-0.15, -0.1) is 0 Å². The number of hydrogen-bond acceptors (Lipinski definition) is 10. The molecule has 6 aromatic rings. The summed E-state index contributed by atoms with van der Waals surface area (Å²) >= 11 is 0. The monoisotopic (exact) mass is 912 g/mol. The lowest BCUT2D eigenvalue weighted by Crippen LogP contribution is -2.70. The van der Waals surface area contributed by atoms with Crippen LogP contribution in [0.4, 0.5) is 0 Å². The molecule has 10 nitrogen and oxygen atoms in total. The minimum atomic E-state index is -3.25. The van der Waals surface area contributed by atoms with Gasteiger partial charge < -0.3 is 27.2 Å². The van der Waals surface area contributed by atoms with Gasteiger partial charge in [-0.3, -0.25) is 0 Å². The lowest BCUT2D eigenvalue weighted by Gasteiger charge is -2.43. The van der Waals surface area contributed by atoms with Crippen molar-refractivity contribution in [3.8, 4) is 58.8 Å². The second kappa shape index (κ2) is 21.6. The minimum Gasteiger partial charge on any atom is -0.493 e. The van der Waals surface area contributed by atoms with Crippen molar-refractivity contribution < 1.29 is 27.2 Å². The third-order valence-electron chi connectivity index (χ3n) is 11.0. The first-order valence-electron chi connectivity index (χ1n) is 21.4. The largest absolute Gasteiger partial charge is 0.493 e. The Hall–Kier alpha value is -6.95. The van der Waals surface area contributed by atoms with E-state index in [-0.39, 0.29) is 11.1 Å². The molecule has 0 aliphatic carbocycles. The number of aryl methyl sites for hydroxylation is 2. The normalized spacial score (nSPS) is 11.4. The van der Waals surface area contributed by atoms with Gasteiger partial charge in [-0.25, -0.2) is 0 Å². The van der Waals surface area contributed by atoms with Crippen molar-refractivity contribution in [3.05, 3.63) is 167 Å². The van der Waals surface area contributed by atoms with E-state index in [0.29, 0.717) is 45.6 Å². The molecule has 0 unspecified atom stereocenters. The Morgan fingerprint density at radius 3 is 1.17 bits per heavy atom. The fraction of sp³-hybridized carbons (Fsp3) is 0.231. The van der Waals surface area contributed by atoms with E-state index in [1.165, 1.54) is 0 Å². The standard InChI is InChI=1S/C52H52N4O6Si3/c1-57-51-31-39(21-27-49(51)59-45-25-23-41(35-53)43(33-45)37-55)15-13-29-63(3,4)61-65(47-17-9-7-10-18-47,48-19-11-8-12-20-48)62-64(5,6)30-14-16-40-22-28-50(52(32-40)58-2)60-46-26-24-42(36-54)44(34-46)38-56/h7-12,17-28,31-34H,13-16,29-30H2,1-6H3. The summed E-state index contributed by atoms with van der Waals surface area (Å²) in [5.74, 6) is 3.11. The molecule has 0 aromatic heterocycles. The van der Waals surface area contributed by atoms with E-state index in [4.69, 9.17) is 27.2 Å². The summed E-state index contributed by atoms with van der Waals surface area (Å²) in [6.07, 6.45) is 3.43. The molecule has 328 valence electrons. The highest BCUT2D eigenvalue weighted by atomic mass is 28.5. The molecular weight excluding hydrogens is 861 g/mol. The fourth-order valence-corrected chi connectivity index (χ4v) is 20.9. The predicted octanol–water partition coefficient (Wildman–Crippen LogP) is 11.0. The Balaban J connectivity index is 1.16. The highest BCUT2D eigenvalue weighted by Gasteiger charge is 2.50. The van der Waals surface area contributed by atoms with Crippen molar-refractivity contribution in [1.29, 1.82) is 21.0 Å². The zero-order valence-electron chi connectivity index (χ0n) is 37.7. The summed E-state index contributed by atoms with van der Waals surface area (Å²) in [6.45, 7) is 9.20. The van der Waals surface area contributed by atoms with Gasteiger partial charge in [0.05, 0.1) is 36.5 Å². The first kappa shape index (κ1) is 47.5. The summed E-state index contributed by atoms with van der Waals surface area (Å²) in [4.78, 5) is 0. The lowest BCUT2D eigenvalue weighted by atomic mass is 10.1. The number of ether oxygens (including phenoxy) is 4. The molecule has 13 heteroatoms. The molecule has 6 aromatic carbocycles. The Labute approximate surface area is 385 Å². The van der Waals surface area contributed by atoms with Crippen molar-refractivity contribution in [2.45, 2.75) is 64.0 Å². The number of methoxy groups -OCH3 is 2. The van der Waals surface area contributed by atoms with Crippen molar-refractivity contribution >= 4 is 35.6 Å². The molecule has 0 saturated heterocycles. The summed E-state index contributed by atoms with van der Waals surface area (Å²) in [5, 5.41) is 39.8. The average Bonchev–Trinajstić information content (AvgIpc) is 3.32. The molecule has 0 aliphatic heterocycles. The SMILES string of the molecule is COc1cc(CCC[Si](C)(C)O[Si](O[Si](C)(C)CCCc2ccc(Oc3ccc(C#N)c(C#N)c3)c(OC)c2)(c2ccccc2)c2ccccc2)ccc1Oc1ccc(C#N)c(C#N)c1. The van der Waals surface area contributed by atoms with Crippen molar-refractivity contribution in [1.82, 2.24) is 0 Å². The second-order valence-electron chi connectivity index (χ2n) is 16.8. The molecule has 0 spiro atoms. The molecule has 0 atom stereocenters. The van der Waals surface area contributed by atoms with Crippen LogP contribution in [-0.2, 0) is 21.1 Å². The van der Waals surface area contributed by atoms with E-state index in [0.717, 1.165) is 59.3 Å². The number of nitrogens with zero attached hydrogens (tertiary/aromatic N) is 4. The third kappa shape index (κ3) is 12.2. The van der Waals surface area contributed by atoms with Crippen molar-refractivity contribution in [2.24, 2.45) is 0 Å². The molecule has 65 heavy (non-hydrogen) atoms. The Morgan fingerprint density at radius 1 is 0.431 bits per heavy atom. The maximum Gasteiger partial charge on any atom is 0.386 e. The number of rotatable bonds is 20. The Bertz CT molecular complexity index is 2590. The lowest BCUT2D eigenvalue weighted by molar-refractivity contribution is 0.378. The van der Waals surface area contributed by atoms with Gasteiger partial charge in [0.15, 0.2) is 39.6 Å². The maximum atomic E-state index is 9.47. The van der Waals surface area contributed by atoms with Crippen molar-refractivity contribution in [2.75, 3.05) is 14.2 Å². The van der Waals surface area contributed by atoms with Crippen molar-refractivity contribution in [3.63, 3.8) is 0 Å². The van der Waals surface area contributed by atoms with E-state index in [2.05, 4.69) is 86.9 Å². The van der Waals surface area contributed by atoms with Gasteiger partial charge in [0, 0.05) is 0 Å². The van der Waals surface area contributed by atoms with Crippen LogP contribution in [0, 0.1) is 45.3 Å². The molecule has 0 heterocycles. The summed E-state index contributed by atoms with van der Waals surface area (Å²) in [5.41, 5.74) is 3.32. The van der Waals surface area contributed by atoms with Crippen LogP contribution in [0.25, 0.3) is 0 Å². The Morgan fingerprint density at radius 2 is 0.815 bits per heavy atom. The molecule has 0 fully saturated rings. The van der Waals surface area contributed by atoms with Gasteiger partial charge in [0.2, 0.25) is 0 Å². The highest BCUT2D eigenvalue weighted by molar-refractivity contribution is 7.02. The van der Waals surface area contributed by atoms with E-state index in [1.54, 1.807) is 50.6 Å². The van der Waals surface area contributed by atoms with Gasteiger partial charge in [-0.05, 0) is 146 Å². The first-order valence-corrected chi connectivity index (χ1v) is 29.5. The number of benzene rings is 6. The maximum absolute atomic E-state index is 9.47. The number of nitriles is 4. The molecule has 0 N–H and O–H groups in total. The molecular formula is C52H52N4O6Si3. The van der Waals surface area contributed by atoms with E-state index >= 15 is 0 Å². The smallest absolute Gasteiger partial charge is 0.386 e. The third-order valence-corrected chi connectivity index (χ3v) is 23.0. The number of hydrogen-bond donors (Lipinski definition) is 0. The topological polar surface area (TPSA) is 151 Å². The summed E-state index contributed by atoms with van der Waals surface area (Å²) in [7, 11) is -4.83. The summed E-state index contributed by atoms with van der Waals surface area (Å²) < 4.78 is 39.0. The minimum absolute atomic E-state index is 0.254. The van der Waals surface area contributed by atoms with Crippen LogP contribution in [0.2, 0.25) is 38.3 Å². The highest BCUT2D eigenvalue weighted by Crippen LogP contribution is 2.36. The molecule has 0 radical (unpaired) electrons. The van der Waals surface area contributed by atoms with Crippen LogP contribution in [0.3, 0.4) is 0 Å². The van der Waals surface area contributed by atoms with E-state index in [1.807, 2.05) is 60.7 Å². The van der Waals surface area contributed by atoms with Crippen LogP contribution in [0.1, 0.15) is 46.2 Å². The van der Waals surface area contributed by atoms with Gasteiger partial charge in [-0.2, -0.15) is 21.0 Å².